The first-order valence-electron chi connectivity index (χ1n) is 12.3. The van der Waals surface area contributed by atoms with Gasteiger partial charge < -0.3 is 5.32 Å². The van der Waals surface area contributed by atoms with Crippen LogP contribution in [0.1, 0.15) is 55.1 Å². The summed E-state index contributed by atoms with van der Waals surface area (Å²) < 4.78 is 2.06. The molecule has 1 amide bonds. The number of carbonyl (C=O) groups excluding carboxylic acids is 1. The summed E-state index contributed by atoms with van der Waals surface area (Å²) in [6.07, 6.45) is 10.2. The number of benzene rings is 2. The van der Waals surface area contributed by atoms with Gasteiger partial charge in [0.15, 0.2) is 5.82 Å². The molecule has 5 heteroatoms. The molecule has 5 rings (SSSR count). The standard InChI is InChI=1S/C29H30IN3O/c1-2-21-15-20(11-12-23(21)18-30)17-27(34)33-29-26(16-19-7-3-4-8-19)31-28-24-10-6-5-9-22(24)13-14-25(28)32-29/h2,5-6,9-12,15,18-19H,3-4,7-8,13-14,16-17H2,1H3,(H,32,33,34)/b21-2-,23-18-. The zero-order chi connectivity index (χ0) is 23.5. The molecule has 34 heavy (non-hydrogen) atoms. The zero-order valence-corrected chi connectivity index (χ0v) is 21.8. The van der Waals surface area contributed by atoms with Gasteiger partial charge in [-0.15, -0.1) is 0 Å². The molecule has 0 radical (unpaired) electrons. The minimum atomic E-state index is -0.0358. The number of halogens is 1. The molecule has 1 fully saturated rings. The summed E-state index contributed by atoms with van der Waals surface area (Å²) in [5.41, 5.74) is 6.47. The molecule has 0 atom stereocenters. The number of hydrogen-bond acceptors (Lipinski definition) is 3. The molecule has 1 N–H and O–H groups in total. The van der Waals surface area contributed by atoms with E-state index in [1.54, 1.807) is 0 Å². The van der Waals surface area contributed by atoms with E-state index in [-0.39, 0.29) is 5.91 Å². The molecule has 3 aromatic rings. The third kappa shape index (κ3) is 4.95. The normalized spacial score (nSPS) is 16.4. The van der Waals surface area contributed by atoms with Gasteiger partial charge in [-0.1, -0.05) is 96.8 Å². The molecule has 174 valence electrons. The number of nitrogens with one attached hydrogen (secondary N) is 1. The topological polar surface area (TPSA) is 54.9 Å². The van der Waals surface area contributed by atoms with E-state index in [4.69, 9.17) is 9.97 Å². The molecule has 0 aliphatic heterocycles. The minimum absolute atomic E-state index is 0.0358. The molecule has 1 aromatic heterocycles. The maximum absolute atomic E-state index is 13.1. The Balaban J connectivity index is 1.45. The van der Waals surface area contributed by atoms with Gasteiger partial charge in [0.05, 0.1) is 23.5 Å². The molecule has 2 aliphatic rings. The smallest absolute Gasteiger partial charge is 0.229 e. The van der Waals surface area contributed by atoms with E-state index in [9.17, 15) is 4.79 Å². The number of hydrogen-bond donors (Lipinski definition) is 1. The second-order valence-electron chi connectivity index (χ2n) is 9.41. The number of rotatable bonds is 5. The highest BCUT2D eigenvalue weighted by Crippen LogP contribution is 2.35. The summed E-state index contributed by atoms with van der Waals surface area (Å²) in [6, 6.07) is 14.7. The monoisotopic (exact) mass is 563 g/mol. The van der Waals surface area contributed by atoms with Gasteiger partial charge in [0.1, 0.15) is 0 Å². The van der Waals surface area contributed by atoms with Gasteiger partial charge in [-0.3, -0.25) is 4.79 Å². The van der Waals surface area contributed by atoms with Crippen LogP contribution >= 0.6 is 22.6 Å². The molecule has 1 saturated carbocycles. The summed E-state index contributed by atoms with van der Waals surface area (Å²) in [4.78, 5) is 23.2. The highest BCUT2D eigenvalue weighted by molar-refractivity contribution is 14.1. The Bertz CT molecular complexity index is 1340. The number of carbonyl (C=O) groups is 1. The van der Waals surface area contributed by atoms with Crippen LogP contribution in [0.25, 0.3) is 21.4 Å². The van der Waals surface area contributed by atoms with Crippen LogP contribution in [0.5, 0.6) is 0 Å². The predicted molar refractivity (Wildman–Crippen MR) is 147 cm³/mol. The van der Waals surface area contributed by atoms with Crippen molar-refractivity contribution >= 4 is 44.5 Å². The quantitative estimate of drug-likeness (QED) is 0.438. The molecule has 2 aromatic carbocycles. The van der Waals surface area contributed by atoms with Crippen LogP contribution < -0.4 is 15.8 Å². The van der Waals surface area contributed by atoms with Gasteiger partial charge in [0.2, 0.25) is 5.91 Å². The summed E-state index contributed by atoms with van der Waals surface area (Å²) in [6.45, 7) is 2.03. The Kier molecular flexibility index (Phi) is 7.09. The van der Waals surface area contributed by atoms with Crippen molar-refractivity contribution in [1.82, 2.24) is 9.97 Å². The fraction of sp³-hybridized carbons (Fsp3) is 0.345. The Morgan fingerprint density at radius 1 is 1.09 bits per heavy atom. The summed E-state index contributed by atoms with van der Waals surface area (Å²) in [5, 5.41) is 5.46. The third-order valence-corrected chi connectivity index (χ3v) is 7.77. The molecule has 0 unspecified atom stereocenters. The zero-order valence-electron chi connectivity index (χ0n) is 19.6. The van der Waals surface area contributed by atoms with Crippen molar-refractivity contribution in [3.8, 4) is 11.3 Å². The van der Waals surface area contributed by atoms with E-state index in [1.807, 2.05) is 13.0 Å². The molecular weight excluding hydrogens is 533 g/mol. The van der Waals surface area contributed by atoms with Crippen LogP contribution in [0.4, 0.5) is 5.82 Å². The molecule has 2 aliphatic carbocycles. The van der Waals surface area contributed by atoms with E-state index in [1.165, 1.54) is 42.0 Å². The largest absolute Gasteiger partial charge is 0.309 e. The van der Waals surface area contributed by atoms with Crippen LogP contribution in [0.2, 0.25) is 0 Å². The lowest BCUT2D eigenvalue weighted by Gasteiger charge is -2.22. The van der Waals surface area contributed by atoms with E-state index >= 15 is 0 Å². The second-order valence-corrected chi connectivity index (χ2v) is 10.0. The summed E-state index contributed by atoms with van der Waals surface area (Å²) in [7, 11) is 0. The molecular formula is C29H30IN3O. The van der Waals surface area contributed by atoms with Crippen molar-refractivity contribution in [2.24, 2.45) is 5.92 Å². The Hall–Kier alpha value is -2.54. The lowest BCUT2D eigenvalue weighted by molar-refractivity contribution is -0.115. The first kappa shape index (κ1) is 23.2. The van der Waals surface area contributed by atoms with Gasteiger partial charge in [-0.25, -0.2) is 9.97 Å². The second kappa shape index (κ2) is 10.4. The Morgan fingerprint density at radius 2 is 1.91 bits per heavy atom. The lowest BCUT2D eigenvalue weighted by Crippen LogP contribution is -2.25. The van der Waals surface area contributed by atoms with Crippen molar-refractivity contribution in [1.29, 1.82) is 0 Å². The van der Waals surface area contributed by atoms with E-state index in [0.717, 1.165) is 47.1 Å². The first-order chi connectivity index (χ1) is 16.6. The lowest BCUT2D eigenvalue weighted by atomic mass is 9.91. The van der Waals surface area contributed by atoms with Gasteiger partial charge >= 0.3 is 0 Å². The van der Waals surface area contributed by atoms with Gasteiger partial charge in [-0.05, 0) is 57.8 Å². The van der Waals surface area contributed by atoms with Crippen molar-refractivity contribution in [3.63, 3.8) is 0 Å². The fourth-order valence-electron chi connectivity index (χ4n) is 5.29. The van der Waals surface area contributed by atoms with Crippen molar-refractivity contribution in [2.75, 3.05) is 5.32 Å². The summed E-state index contributed by atoms with van der Waals surface area (Å²) in [5.74, 6) is 1.25. The maximum atomic E-state index is 13.1. The van der Waals surface area contributed by atoms with Crippen LogP contribution in [0.3, 0.4) is 0 Å². The molecule has 4 nitrogen and oxygen atoms in total. The molecule has 1 heterocycles. The Labute approximate surface area is 214 Å². The SMILES string of the molecule is C/C=c1/cc(CC(=O)Nc2nc3c(nc2CC2CCCC2)-c2ccccc2CC3)cc/c1=C/I. The Morgan fingerprint density at radius 3 is 2.71 bits per heavy atom. The maximum Gasteiger partial charge on any atom is 0.229 e. The predicted octanol–water partition coefficient (Wildman–Crippen LogP) is 5.13. The summed E-state index contributed by atoms with van der Waals surface area (Å²) >= 11 is 2.26. The molecule has 0 bridgehead atoms. The van der Waals surface area contributed by atoms with E-state index in [0.29, 0.717) is 18.2 Å². The van der Waals surface area contributed by atoms with E-state index < -0.39 is 0 Å². The average Bonchev–Trinajstić information content (AvgIpc) is 3.37. The minimum Gasteiger partial charge on any atom is -0.309 e. The van der Waals surface area contributed by atoms with Crippen LogP contribution in [0.15, 0.2) is 42.5 Å². The number of fused-ring (bicyclic) bond motifs is 3. The van der Waals surface area contributed by atoms with Crippen LogP contribution in [-0.2, 0) is 30.5 Å². The number of aryl methyl sites for hydroxylation is 2. The highest BCUT2D eigenvalue weighted by atomic mass is 127. The number of aromatic nitrogens is 2. The highest BCUT2D eigenvalue weighted by Gasteiger charge is 2.24. The van der Waals surface area contributed by atoms with Crippen LogP contribution in [-0.4, -0.2) is 15.9 Å². The van der Waals surface area contributed by atoms with Gasteiger partial charge in [0, 0.05) is 5.56 Å². The van der Waals surface area contributed by atoms with E-state index in [2.05, 4.69) is 74.5 Å². The van der Waals surface area contributed by atoms with Crippen molar-refractivity contribution in [3.05, 3.63) is 75.4 Å². The number of nitrogens with zero attached hydrogens (tertiary/aromatic N) is 2. The van der Waals surface area contributed by atoms with Crippen molar-refractivity contribution in [2.45, 2.75) is 58.3 Å². The molecule has 0 saturated heterocycles. The average molecular weight is 563 g/mol. The molecule has 0 spiro atoms. The van der Waals surface area contributed by atoms with Crippen molar-refractivity contribution < 1.29 is 4.79 Å². The van der Waals surface area contributed by atoms with Gasteiger partial charge in [-0.2, -0.15) is 0 Å². The fourth-order valence-corrected chi connectivity index (χ4v) is 5.86. The third-order valence-electron chi connectivity index (χ3n) is 7.10. The van der Waals surface area contributed by atoms with Crippen LogP contribution in [0, 0.1) is 5.92 Å². The van der Waals surface area contributed by atoms with Gasteiger partial charge in [0.25, 0.3) is 0 Å². The first-order valence-corrected chi connectivity index (χ1v) is 13.5. The number of amides is 1. The number of anilines is 1.